The third-order valence-corrected chi connectivity index (χ3v) is 6.35. The number of ether oxygens (including phenoxy) is 1. The van der Waals surface area contributed by atoms with Gasteiger partial charge in [0.25, 0.3) is 5.91 Å². The molecule has 29 heavy (non-hydrogen) atoms. The molecule has 156 valence electrons. The van der Waals surface area contributed by atoms with Crippen LogP contribution in [0.2, 0.25) is 0 Å². The largest absolute Gasteiger partial charge is 0.495 e. The van der Waals surface area contributed by atoms with Gasteiger partial charge in [0.15, 0.2) is 0 Å². The second-order valence-electron chi connectivity index (χ2n) is 6.93. The van der Waals surface area contributed by atoms with Crippen molar-refractivity contribution in [2.24, 2.45) is 0 Å². The van der Waals surface area contributed by atoms with Crippen molar-refractivity contribution in [3.8, 4) is 5.75 Å². The maximum absolute atomic E-state index is 12.9. The predicted molar refractivity (Wildman–Crippen MR) is 114 cm³/mol. The second-order valence-corrected chi connectivity index (χ2v) is 8.66. The SMILES string of the molecule is CCCNS(=O)(=O)c1cc(C(=O)Nc2ccccc2OC)ccc1N1CCCC1. The third kappa shape index (κ3) is 4.89. The fraction of sp³-hybridized carbons (Fsp3) is 0.381. The van der Waals surface area contributed by atoms with E-state index in [0.29, 0.717) is 30.1 Å². The first-order chi connectivity index (χ1) is 14.0. The standard InChI is InChI=1S/C21H27N3O4S/c1-3-12-22-29(26,27)20-15-16(10-11-18(20)24-13-6-7-14-24)21(25)23-17-8-4-5-9-19(17)28-2/h4-5,8-11,15,22H,3,6-7,12-14H2,1-2H3,(H,23,25). The Morgan fingerprint density at radius 3 is 2.55 bits per heavy atom. The molecule has 8 heteroatoms. The lowest BCUT2D eigenvalue weighted by Gasteiger charge is -2.22. The molecule has 1 saturated heterocycles. The minimum atomic E-state index is -3.73. The van der Waals surface area contributed by atoms with E-state index in [0.717, 1.165) is 25.9 Å². The van der Waals surface area contributed by atoms with Gasteiger partial charge in [0.1, 0.15) is 10.6 Å². The number of benzene rings is 2. The van der Waals surface area contributed by atoms with E-state index in [1.807, 2.05) is 13.0 Å². The Labute approximate surface area is 172 Å². The zero-order valence-electron chi connectivity index (χ0n) is 16.8. The molecule has 1 fully saturated rings. The average molecular weight is 418 g/mol. The number of sulfonamides is 1. The van der Waals surface area contributed by atoms with Gasteiger partial charge in [-0.2, -0.15) is 0 Å². The molecule has 3 rings (SSSR count). The van der Waals surface area contributed by atoms with Crippen LogP contribution in [-0.4, -0.2) is 41.1 Å². The van der Waals surface area contributed by atoms with E-state index >= 15 is 0 Å². The quantitative estimate of drug-likeness (QED) is 0.689. The van der Waals surface area contributed by atoms with Gasteiger partial charge in [-0.05, 0) is 49.6 Å². The zero-order chi connectivity index (χ0) is 20.9. The Kier molecular flexibility index (Phi) is 6.76. The number of carbonyl (C=O) groups excluding carboxylic acids is 1. The molecule has 1 amide bonds. The van der Waals surface area contributed by atoms with E-state index in [-0.39, 0.29) is 10.5 Å². The second kappa shape index (κ2) is 9.28. The smallest absolute Gasteiger partial charge is 0.255 e. The van der Waals surface area contributed by atoms with Crippen LogP contribution in [-0.2, 0) is 10.0 Å². The molecule has 1 aliphatic heterocycles. The Bertz CT molecular complexity index is 970. The molecule has 7 nitrogen and oxygen atoms in total. The Balaban J connectivity index is 1.95. The van der Waals surface area contributed by atoms with Crippen LogP contribution in [0.1, 0.15) is 36.5 Å². The fourth-order valence-corrected chi connectivity index (χ4v) is 4.73. The number of amides is 1. The highest BCUT2D eigenvalue weighted by Crippen LogP contribution is 2.30. The molecule has 2 aromatic carbocycles. The van der Waals surface area contributed by atoms with Gasteiger partial charge < -0.3 is 15.0 Å². The number of carbonyl (C=O) groups is 1. The molecule has 0 spiro atoms. The molecule has 0 radical (unpaired) electrons. The van der Waals surface area contributed by atoms with Crippen molar-refractivity contribution in [2.45, 2.75) is 31.1 Å². The van der Waals surface area contributed by atoms with Gasteiger partial charge in [0.05, 0.1) is 18.5 Å². The lowest BCUT2D eigenvalue weighted by molar-refractivity contribution is 0.102. The van der Waals surface area contributed by atoms with Gasteiger partial charge in [-0.3, -0.25) is 4.79 Å². The minimum Gasteiger partial charge on any atom is -0.495 e. The number of methoxy groups -OCH3 is 1. The van der Waals surface area contributed by atoms with Crippen LogP contribution in [0.4, 0.5) is 11.4 Å². The summed E-state index contributed by atoms with van der Waals surface area (Å²) in [6.45, 7) is 3.87. The van der Waals surface area contributed by atoms with E-state index in [4.69, 9.17) is 4.74 Å². The van der Waals surface area contributed by atoms with Gasteiger partial charge in [0.2, 0.25) is 10.0 Å². The first-order valence-electron chi connectivity index (χ1n) is 9.79. The molecule has 0 bridgehead atoms. The van der Waals surface area contributed by atoms with Crippen LogP contribution < -0.4 is 19.7 Å². The molecular formula is C21H27N3O4S. The van der Waals surface area contributed by atoms with Crippen molar-refractivity contribution >= 4 is 27.3 Å². The van der Waals surface area contributed by atoms with Crippen molar-refractivity contribution in [3.63, 3.8) is 0 Å². The minimum absolute atomic E-state index is 0.139. The van der Waals surface area contributed by atoms with Gasteiger partial charge in [-0.1, -0.05) is 19.1 Å². The van der Waals surface area contributed by atoms with Crippen LogP contribution >= 0.6 is 0 Å². The van der Waals surface area contributed by atoms with E-state index in [9.17, 15) is 13.2 Å². The van der Waals surface area contributed by atoms with E-state index in [1.54, 1.807) is 30.3 Å². The summed E-state index contributed by atoms with van der Waals surface area (Å²) in [5.41, 5.74) is 1.44. The van der Waals surface area contributed by atoms with Crippen molar-refractivity contribution in [2.75, 3.05) is 37.0 Å². The number of anilines is 2. The van der Waals surface area contributed by atoms with E-state index < -0.39 is 15.9 Å². The maximum Gasteiger partial charge on any atom is 0.255 e. The molecule has 1 aliphatic rings. The molecule has 2 N–H and O–H groups in total. The summed E-state index contributed by atoms with van der Waals surface area (Å²) in [6, 6.07) is 11.9. The average Bonchev–Trinajstić information content (AvgIpc) is 3.27. The molecule has 0 atom stereocenters. The molecule has 0 saturated carbocycles. The normalized spacial score (nSPS) is 14.1. The summed E-state index contributed by atoms with van der Waals surface area (Å²) in [4.78, 5) is 15.0. The number of nitrogens with one attached hydrogen (secondary N) is 2. The topological polar surface area (TPSA) is 87.7 Å². The van der Waals surface area contributed by atoms with Crippen molar-refractivity contribution in [1.82, 2.24) is 4.72 Å². The lowest BCUT2D eigenvalue weighted by Crippen LogP contribution is -2.28. The fourth-order valence-electron chi connectivity index (χ4n) is 3.35. The summed E-state index contributed by atoms with van der Waals surface area (Å²) in [7, 11) is -2.20. The van der Waals surface area contributed by atoms with Gasteiger partial charge in [-0.15, -0.1) is 0 Å². The van der Waals surface area contributed by atoms with E-state index in [2.05, 4.69) is 14.9 Å². The van der Waals surface area contributed by atoms with Gasteiger partial charge >= 0.3 is 0 Å². The third-order valence-electron chi connectivity index (χ3n) is 4.86. The highest BCUT2D eigenvalue weighted by molar-refractivity contribution is 7.89. The summed E-state index contributed by atoms with van der Waals surface area (Å²) in [6.07, 6.45) is 2.74. The van der Waals surface area contributed by atoms with E-state index in [1.165, 1.54) is 13.2 Å². The highest BCUT2D eigenvalue weighted by atomic mass is 32.2. The molecule has 2 aromatic rings. The summed E-state index contributed by atoms with van der Waals surface area (Å²) in [5, 5.41) is 2.80. The van der Waals surface area contributed by atoms with Crippen LogP contribution in [0.3, 0.4) is 0 Å². The number of rotatable bonds is 8. The number of nitrogens with zero attached hydrogens (tertiary/aromatic N) is 1. The summed E-state index contributed by atoms with van der Waals surface area (Å²) < 4.78 is 33.7. The highest BCUT2D eigenvalue weighted by Gasteiger charge is 2.25. The van der Waals surface area contributed by atoms with Crippen molar-refractivity contribution < 1.29 is 17.9 Å². The zero-order valence-corrected chi connectivity index (χ0v) is 17.6. The first kappa shape index (κ1) is 21.1. The molecule has 0 aliphatic carbocycles. The number of para-hydroxylation sites is 2. The number of hydrogen-bond acceptors (Lipinski definition) is 5. The Morgan fingerprint density at radius 2 is 1.86 bits per heavy atom. The predicted octanol–water partition coefficient (Wildman–Crippen LogP) is 3.24. The van der Waals surface area contributed by atoms with Gasteiger partial charge in [-0.25, -0.2) is 13.1 Å². The Hall–Kier alpha value is -2.58. The van der Waals surface area contributed by atoms with Crippen LogP contribution in [0, 0.1) is 0 Å². The molecular weight excluding hydrogens is 390 g/mol. The molecule has 1 heterocycles. The van der Waals surface area contributed by atoms with Crippen molar-refractivity contribution in [3.05, 3.63) is 48.0 Å². The van der Waals surface area contributed by atoms with Crippen LogP contribution in [0.25, 0.3) is 0 Å². The van der Waals surface area contributed by atoms with Crippen molar-refractivity contribution in [1.29, 1.82) is 0 Å². The monoisotopic (exact) mass is 417 g/mol. The van der Waals surface area contributed by atoms with Crippen LogP contribution in [0.15, 0.2) is 47.4 Å². The molecule has 0 aromatic heterocycles. The maximum atomic E-state index is 12.9. The first-order valence-corrected chi connectivity index (χ1v) is 11.3. The Morgan fingerprint density at radius 1 is 1.14 bits per heavy atom. The van der Waals surface area contributed by atoms with Gasteiger partial charge in [0, 0.05) is 25.2 Å². The lowest BCUT2D eigenvalue weighted by atomic mass is 10.1. The summed E-state index contributed by atoms with van der Waals surface area (Å²) >= 11 is 0. The van der Waals surface area contributed by atoms with Crippen LogP contribution in [0.5, 0.6) is 5.75 Å². The number of hydrogen-bond donors (Lipinski definition) is 2. The summed E-state index contributed by atoms with van der Waals surface area (Å²) in [5.74, 6) is 0.140. The molecule has 0 unspecified atom stereocenters.